The molecule has 0 fully saturated rings. The number of oxazole rings is 1. The molecule has 0 aliphatic carbocycles. The number of ether oxygens (including phenoxy) is 1. The number of benzene rings is 2. The van der Waals surface area contributed by atoms with Crippen molar-refractivity contribution in [1.29, 1.82) is 0 Å². The smallest absolute Gasteiger partial charge is 0.226 e. The second kappa shape index (κ2) is 10.4. The van der Waals surface area contributed by atoms with Crippen LogP contribution in [0.2, 0.25) is 0 Å². The third kappa shape index (κ3) is 5.93. The van der Waals surface area contributed by atoms with Crippen LogP contribution >= 0.6 is 0 Å². The summed E-state index contributed by atoms with van der Waals surface area (Å²) in [7, 11) is 1.71. The van der Waals surface area contributed by atoms with Gasteiger partial charge in [-0.25, -0.2) is 9.98 Å². The highest BCUT2D eigenvalue weighted by molar-refractivity contribution is 5.79. The van der Waals surface area contributed by atoms with Crippen LogP contribution in [-0.2, 0) is 11.3 Å². The number of nitrogens with one attached hydrogen (secondary N) is 2. The zero-order valence-corrected chi connectivity index (χ0v) is 17.2. The monoisotopic (exact) mass is 392 g/mol. The lowest BCUT2D eigenvalue weighted by atomic mass is 10.1. The van der Waals surface area contributed by atoms with E-state index in [0.29, 0.717) is 24.9 Å². The predicted octanol–water partition coefficient (Wildman–Crippen LogP) is 4.09. The fraction of sp³-hybridized carbons (Fsp3) is 0.304. The Morgan fingerprint density at radius 1 is 1.10 bits per heavy atom. The number of aliphatic imine (C=N–C) groups is 1. The number of rotatable bonds is 8. The van der Waals surface area contributed by atoms with Gasteiger partial charge in [-0.3, -0.25) is 0 Å². The van der Waals surface area contributed by atoms with Crippen LogP contribution in [0.5, 0.6) is 0 Å². The van der Waals surface area contributed by atoms with Crippen LogP contribution in [0.4, 0.5) is 0 Å². The summed E-state index contributed by atoms with van der Waals surface area (Å²) >= 11 is 0. The molecule has 3 rings (SSSR count). The fourth-order valence-corrected chi connectivity index (χ4v) is 2.90. The summed E-state index contributed by atoms with van der Waals surface area (Å²) in [6.07, 6.45) is 1.60. The Kier molecular flexibility index (Phi) is 7.41. The van der Waals surface area contributed by atoms with Gasteiger partial charge in [0.05, 0.1) is 12.6 Å². The van der Waals surface area contributed by atoms with Gasteiger partial charge in [-0.2, -0.15) is 0 Å². The molecular weight excluding hydrogens is 364 g/mol. The molecule has 0 aliphatic heterocycles. The third-order valence-electron chi connectivity index (χ3n) is 4.50. The molecule has 0 spiro atoms. The van der Waals surface area contributed by atoms with Crippen molar-refractivity contribution in [3.8, 4) is 11.5 Å². The largest absolute Gasteiger partial charge is 0.444 e. The molecule has 0 radical (unpaired) electrons. The Bertz CT molecular complexity index is 904. The van der Waals surface area contributed by atoms with Crippen molar-refractivity contribution < 1.29 is 9.15 Å². The van der Waals surface area contributed by atoms with Crippen molar-refractivity contribution in [3.63, 3.8) is 0 Å². The van der Waals surface area contributed by atoms with Gasteiger partial charge in [-0.15, -0.1) is 0 Å². The van der Waals surface area contributed by atoms with Crippen LogP contribution in [-0.4, -0.2) is 31.1 Å². The molecule has 1 unspecified atom stereocenters. The highest BCUT2D eigenvalue weighted by Gasteiger charge is 2.11. The van der Waals surface area contributed by atoms with Gasteiger partial charge in [-0.05, 0) is 31.5 Å². The van der Waals surface area contributed by atoms with Crippen molar-refractivity contribution in [2.75, 3.05) is 20.2 Å². The lowest BCUT2D eigenvalue weighted by Gasteiger charge is -2.18. The van der Waals surface area contributed by atoms with E-state index < -0.39 is 0 Å². The van der Waals surface area contributed by atoms with E-state index in [1.807, 2.05) is 49.4 Å². The maximum atomic E-state index is 5.62. The third-order valence-corrected chi connectivity index (χ3v) is 4.50. The number of hydrogen-bond acceptors (Lipinski definition) is 4. The van der Waals surface area contributed by atoms with Crippen molar-refractivity contribution in [3.05, 3.63) is 77.7 Å². The van der Waals surface area contributed by atoms with Crippen LogP contribution in [0.3, 0.4) is 0 Å². The van der Waals surface area contributed by atoms with E-state index in [1.165, 1.54) is 5.56 Å². The average Bonchev–Trinajstić information content (AvgIpc) is 3.22. The van der Waals surface area contributed by atoms with Crippen LogP contribution in [0.25, 0.3) is 11.5 Å². The zero-order chi connectivity index (χ0) is 20.5. The van der Waals surface area contributed by atoms with Crippen molar-refractivity contribution in [2.45, 2.75) is 26.5 Å². The van der Waals surface area contributed by atoms with Crippen LogP contribution < -0.4 is 10.6 Å². The molecule has 2 N–H and O–H groups in total. The normalized spacial score (nSPS) is 12.6. The Balaban J connectivity index is 1.62. The van der Waals surface area contributed by atoms with E-state index in [1.54, 1.807) is 13.4 Å². The first kappa shape index (κ1) is 20.6. The summed E-state index contributed by atoms with van der Waals surface area (Å²) in [5.41, 5.74) is 4.07. The summed E-state index contributed by atoms with van der Waals surface area (Å²) in [4.78, 5) is 9.17. The summed E-state index contributed by atoms with van der Waals surface area (Å²) in [6.45, 7) is 5.89. The number of hydrogen-bond donors (Lipinski definition) is 2. The summed E-state index contributed by atoms with van der Waals surface area (Å²) in [5, 5.41) is 6.59. The van der Waals surface area contributed by atoms with Crippen LogP contribution in [0, 0.1) is 6.92 Å². The van der Waals surface area contributed by atoms with Gasteiger partial charge in [0, 0.05) is 25.8 Å². The SMILES string of the molecule is CCNC(=NCc1coc(-c2ccc(C)cc2)n1)NCC(OC)c1ccccc1. The predicted molar refractivity (Wildman–Crippen MR) is 116 cm³/mol. The lowest BCUT2D eigenvalue weighted by Crippen LogP contribution is -2.39. The van der Waals surface area contributed by atoms with Gasteiger partial charge < -0.3 is 19.8 Å². The first-order valence-electron chi connectivity index (χ1n) is 9.81. The number of aromatic nitrogens is 1. The van der Waals surface area contributed by atoms with Gasteiger partial charge in [0.2, 0.25) is 5.89 Å². The first-order valence-corrected chi connectivity index (χ1v) is 9.81. The van der Waals surface area contributed by atoms with E-state index in [-0.39, 0.29) is 6.10 Å². The molecule has 152 valence electrons. The molecule has 0 bridgehead atoms. The molecular formula is C23H28N4O2. The first-order chi connectivity index (χ1) is 14.2. The van der Waals surface area contributed by atoms with E-state index in [9.17, 15) is 0 Å². The molecule has 1 heterocycles. The molecule has 2 aromatic carbocycles. The van der Waals surface area contributed by atoms with Crippen LogP contribution in [0.1, 0.15) is 29.8 Å². The van der Waals surface area contributed by atoms with Crippen molar-refractivity contribution in [2.24, 2.45) is 4.99 Å². The summed E-state index contributed by atoms with van der Waals surface area (Å²) in [6, 6.07) is 18.2. The topological polar surface area (TPSA) is 71.7 Å². The van der Waals surface area contributed by atoms with Gasteiger partial charge >= 0.3 is 0 Å². The molecule has 29 heavy (non-hydrogen) atoms. The Labute approximate surface area is 172 Å². The summed E-state index contributed by atoms with van der Waals surface area (Å²) in [5.74, 6) is 1.32. The molecule has 0 saturated carbocycles. The molecule has 6 nitrogen and oxygen atoms in total. The Morgan fingerprint density at radius 2 is 1.86 bits per heavy atom. The highest BCUT2D eigenvalue weighted by atomic mass is 16.5. The second-order valence-electron chi connectivity index (χ2n) is 6.72. The Morgan fingerprint density at radius 3 is 2.55 bits per heavy atom. The minimum Gasteiger partial charge on any atom is -0.444 e. The number of guanidine groups is 1. The maximum Gasteiger partial charge on any atom is 0.226 e. The van der Waals surface area contributed by atoms with Gasteiger partial charge in [-0.1, -0.05) is 48.0 Å². The van der Waals surface area contributed by atoms with Crippen molar-refractivity contribution >= 4 is 5.96 Å². The van der Waals surface area contributed by atoms with Gasteiger partial charge in [0.15, 0.2) is 5.96 Å². The summed E-state index contributed by atoms with van der Waals surface area (Å²) < 4.78 is 11.2. The second-order valence-corrected chi connectivity index (χ2v) is 6.72. The molecule has 1 atom stereocenters. The molecule has 6 heteroatoms. The number of aryl methyl sites for hydroxylation is 1. The Hall–Kier alpha value is -3.12. The minimum atomic E-state index is -0.0553. The fourth-order valence-electron chi connectivity index (χ4n) is 2.90. The molecule has 3 aromatic rings. The van der Waals surface area contributed by atoms with Crippen LogP contribution in [0.15, 0.2) is 70.3 Å². The molecule has 0 amide bonds. The average molecular weight is 393 g/mol. The maximum absolute atomic E-state index is 5.62. The highest BCUT2D eigenvalue weighted by Crippen LogP contribution is 2.19. The van der Waals surface area contributed by atoms with E-state index in [2.05, 4.69) is 39.7 Å². The minimum absolute atomic E-state index is 0.0553. The van der Waals surface area contributed by atoms with E-state index in [4.69, 9.17) is 9.15 Å². The quantitative estimate of drug-likeness (QED) is 0.446. The van der Waals surface area contributed by atoms with E-state index >= 15 is 0 Å². The zero-order valence-electron chi connectivity index (χ0n) is 17.2. The number of methoxy groups -OCH3 is 1. The van der Waals surface area contributed by atoms with E-state index in [0.717, 1.165) is 23.4 Å². The van der Waals surface area contributed by atoms with Gasteiger partial charge in [0.1, 0.15) is 12.0 Å². The molecule has 0 saturated heterocycles. The molecule has 0 aliphatic rings. The van der Waals surface area contributed by atoms with Gasteiger partial charge in [0.25, 0.3) is 0 Å². The number of nitrogens with zero attached hydrogens (tertiary/aromatic N) is 2. The van der Waals surface area contributed by atoms with Crippen molar-refractivity contribution in [1.82, 2.24) is 15.6 Å². The standard InChI is InChI=1S/C23H28N4O2/c1-4-24-23(26-15-21(28-3)18-8-6-5-7-9-18)25-14-20-16-29-22(27-20)19-12-10-17(2)11-13-19/h5-13,16,21H,4,14-15H2,1-3H3,(H2,24,25,26). The lowest BCUT2D eigenvalue weighted by molar-refractivity contribution is 0.106. The molecule has 1 aromatic heterocycles.